The van der Waals surface area contributed by atoms with Crippen LogP contribution < -0.4 is 0 Å². The first-order valence-electron chi connectivity index (χ1n) is 3.42. The van der Waals surface area contributed by atoms with Gasteiger partial charge in [0, 0.05) is 6.26 Å². The minimum atomic E-state index is -4.75. The van der Waals surface area contributed by atoms with Crippen molar-refractivity contribution in [1.82, 2.24) is 9.97 Å². The molecule has 0 bridgehead atoms. The summed E-state index contributed by atoms with van der Waals surface area (Å²) in [5.74, 6) is -1.47. The van der Waals surface area contributed by atoms with Crippen LogP contribution >= 0.6 is 11.6 Å². The van der Waals surface area contributed by atoms with Gasteiger partial charge in [-0.15, -0.1) is 0 Å². The van der Waals surface area contributed by atoms with Gasteiger partial charge in [0.25, 0.3) is 0 Å². The molecule has 0 radical (unpaired) electrons. The lowest BCUT2D eigenvalue weighted by Gasteiger charge is -2.06. The number of nitrogens with zero attached hydrogens (tertiary/aromatic N) is 2. The van der Waals surface area contributed by atoms with Gasteiger partial charge >= 0.3 is 6.18 Å². The molecule has 0 amide bonds. The van der Waals surface area contributed by atoms with Gasteiger partial charge < -0.3 is 0 Å². The maximum atomic E-state index is 12.1. The Morgan fingerprint density at radius 1 is 1.40 bits per heavy atom. The van der Waals surface area contributed by atoms with Crippen LogP contribution in [0.2, 0.25) is 5.15 Å². The zero-order valence-electron chi connectivity index (χ0n) is 7.21. The third kappa shape index (κ3) is 2.78. The van der Waals surface area contributed by atoms with Crippen molar-refractivity contribution >= 4 is 21.4 Å². The molecule has 0 atom stereocenters. The molecule has 4 nitrogen and oxygen atoms in total. The second kappa shape index (κ2) is 3.60. The van der Waals surface area contributed by atoms with Crippen molar-refractivity contribution in [3.63, 3.8) is 0 Å². The monoisotopic (exact) mass is 260 g/mol. The Bertz CT molecular complexity index is 486. The molecule has 0 spiro atoms. The van der Waals surface area contributed by atoms with Gasteiger partial charge in [-0.05, 0) is 0 Å². The Labute approximate surface area is 88.0 Å². The first-order chi connectivity index (χ1) is 6.62. The second-order valence-corrected chi connectivity index (χ2v) is 4.96. The van der Waals surface area contributed by atoms with Crippen LogP contribution in [0, 0.1) is 0 Å². The molecule has 1 aromatic rings. The minimum Gasteiger partial charge on any atom is -0.231 e. The molecular formula is C6H4ClF3N2O2S. The van der Waals surface area contributed by atoms with Gasteiger partial charge in [0.15, 0.2) is 15.0 Å². The molecular weight excluding hydrogens is 257 g/mol. The summed E-state index contributed by atoms with van der Waals surface area (Å²) in [5.41, 5.74) is 0. The van der Waals surface area contributed by atoms with Crippen LogP contribution in [0.15, 0.2) is 11.1 Å². The first kappa shape index (κ1) is 12.2. The van der Waals surface area contributed by atoms with E-state index in [1.165, 1.54) is 0 Å². The Morgan fingerprint density at radius 3 is 2.27 bits per heavy atom. The zero-order valence-corrected chi connectivity index (χ0v) is 8.78. The summed E-state index contributed by atoms with van der Waals surface area (Å²) in [5, 5.41) is -0.736. The molecule has 0 aromatic carbocycles. The molecule has 1 rings (SSSR count). The largest absolute Gasteiger partial charge is 0.451 e. The number of alkyl halides is 3. The van der Waals surface area contributed by atoms with Crippen LogP contribution in [0.25, 0.3) is 0 Å². The third-order valence-corrected chi connectivity index (χ3v) is 2.86. The Balaban J connectivity index is 3.34. The van der Waals surface area contributed by atoms with E-state index in [0.29, 0.717) is 6.20 Å². The highest BCUT2D eigenvalue weighted by molar-refractivity contribution is 7.90. The number of aromatic nitrogens is 2. The molecule has 0 fully saturated rings. The van der Waals surface area contributed by atoms with E-state index >= 15 is 0 Å². The van der Waals surface area contributed by atoms with E-state index < -0.39 is 31.9 Å². The van der Waals surface area contributed by atoms with Crippen LogP contribution in [0.1, 0.15) is 5.82 Å². The molecule has 84 valence electrons. The summed E-state index contributed by atoms with van der Waals surface area (Å²) < 4.78 is 58.1. The Hall–Kier alpha value is -0.890. The van der Waals surface area contributed by atoms with E-state index in [1.807, 2.05) is 0 Å². The van der Waals surface area contributed by atoms with E-state index in [0.717, 1.165) is 6.26 Å². The van der Waals surface area contributed by atoms with Crippen LogP contribution in [0.5, 0.6) is 0 Å². The average molecular weight is 261 g/mol. The molecule has 9 heteroatoms. The first-order valence-corrected chi connectivity index (χ1v) is 5.69. The molecule has 0 N–H and O–H groups in total. The van der Waals surface area contributed by atoms with Crippen molar-refractivity contribution in [2.75, 3.05) is 6.26 Å². The van der Waals surface area contributed by atoms with Gasteiger partial charge in [-0.25, -0.2) is 18.4 Å². The van der Waals surface area contributed by atoms with E-state index in [-0.39, 0.29) is 0 Å². The van der Waals surface area contributed by atoms with Gasteiger partial charge in [-0.2, -0.15) is 13.2 Å². The molecule has 1 heterocycles. The smallest absolute Gasteiger partial charge is 0.231 e. The fraction of sp³-hybridized carbons (Fsp3) is 0.333. The van der Waals surface area contributed by atoms with Gasteiger partial charge in [0.1, 0.15) is 4.90 Å². The predicted octanol–water partition coefficient (Wildman–Crippen LogP) is 1.55. The summed E-state index contributed by atoms with van der Waals surface area (Å²) in [7, 11) is -3.72. The summed E-state index contributed by atoms with van der Waals surface area (Å²) >= 11 is 5.29. The average Bonchev–Trinajstić information content (AvgIpc) is 1.99. The lowest BCUT2D eigenvalue weighted by molar-refractivity contribution is -0.145. The Morgan fingerprint density at radius 2 is 1.93 bits per heavy atom. The maximum absolute atomic E-state index is 12.1. The molecule has 1 aromatic heterocycles. The van der Waals surface area contributed by atoms with Gasteiger partial charge in [0.2, 0.25) is 5.82 Å². The molecule has 0 aliphatic carbocycles. The standard InChI is InChI=1S/C6H4ClF3N2O2S/c1-15(13,14)3-2-11-5(6(8,9)10)12-4(3)7/h2H,1H3. The van der Waals surface area contributed by atoms with Crippen LogP contribution in [-0.4, -0.2) is 24.6 Å². The van der Waals surface area contributed by atoms with Crippen molar-refractivity contribution in [3.05, 3.63) is 17.2 Å². The number of hydrogen-bond acceptors (Lipinski definition) is 4. The molecule has 0 aliphatic heterocycles. The molecule has 0 aliphatic rings. The number of sulfone groups is 1. The molecule has 0 saturated carbocycles. The summed E-state index contributed by atoms with van der Waals surface area (Å²) in [6.07, 6.45) is -3.42. The molecule has 15 heavy (non-hydrogen) atoms. The maximum Gasteiger partial charge on any atom is 0.451 e. The van der Waals surface area contributed by atoms with E-state index in [9.17, 15) is 21.6 Å². The summed E-state index contributed by atoms with van der Waals surface area (Å²) in [6, 6.07) is 0. The SMILES string of the molecule is CS(=O)(=O)c1cnc(C(F)(F)F)nc1Cl. The lowest BCUT2D eigenvalue weighted by Crippen LogP contribution is -2.12. The van der Waals surface area contributed by atoms with Gasteiger partial charge in [-0.1, -0.05) is 11.6 Å². The van der Waals surface area contributed by atoms with Crippen LogP contribution in [0.4, 0.5) is 13.2 Å². The van der Waals surface area contributed by atoms with Crippen LogP contribution in [-0.2, 0) is 16.0 Å². The molecule has 0 saturated heterocycles. The quantitative estimate of drug-likeness (QED) is 0.719. The Kier molecular flexibility index (Phi) is 2.92. The van der Waals surface area contributed by atoms with Crippen molar-refractivity contribution in [3.8, 4) is 0 Å². The second-order valence-electron chi connectivity index (χ2n) is 2.62. The minimum absolute atomic E-state index is 0.530. The van der Waals surface area contributed by atoms with Gasteiger partial charge in [-0.3, -0.25) is 0 Å². The third-order valence-electron chi connectivity index (χ3n) is 1.36. The van der Waals surface area contributed by atoms with E-state index in [1.54, 1.807) is 0 Å². The van der Waals surface area contributed by atoms with E-state index in [4.69, 9.17) is 11.6 Å². The highest BCUT2D eigenvalue weighted by Crippen LogP contribution is 2.28. The fourth-order valence-electron chi connectivity index (χ4n) is 0.735. The van der Waals surface area contributed by atoms with Crippen molar-refractivity contribution < 1.29 is 21.6 Å². The predicted molar refractivity (Wildman–Crippen MR) is 45.2 cm³/mol. The zero-order chi connectivity index (χ0) is 11.9. The van der Waals surface area contributed by atoms with Crippen molar-refractivity contribution in [2.24, 2.45) is 0 Å². The highest BCUT2D eigenvalue weighted by atomic mass is 35.5. The number of rotatable bonds is 1. The number of halogens is 4. The van der Waals surface area contributed by atoms with Crippen molar-refractivity contribution in [1.29, 1.82) is 0 Å². The van der Waals surface area contributed by atoms with Gasteiger partial charge in [0.05, 0.1) is 6.20 Å². The fourth-order valence-corrected chi connectivity index (χ4v) is 1.88. The summed E-state index contributed by atoms with van der Waals surface area (Å²) in [6.45, 7) is 0. The molecule has 0 unspecified atom stereocenters. The lowest BCUT2D eigenvalue weighted by atomic mass is 10.5. The van der Waals surface area contributed by atoms with Crippen molar-refractivity contribution in [2.45, 2.75) is 11.1 Å². The topological polar surface area (TPSA) is 59.9 Å². The normalized spacial score (nSPS) is 12.9. The van der Waals surface area contributed by atoms with E-state index in [2.05, 4.69) is 9.97 Å². The summed E-state index contributed by atoms with van der Waals surface area (Å²) in [4.78, 5) is 5.21. The number of hydrogen-bond donors (Lipinski definition) is 0. The van der Waals surface area contributed by atoms with Crippen LogP contribution in [0.3, 0.4) is 0 Å². The highest BCUT2D eigenvalue weighted by Gasteiger charge is 2.35.